The summed E-state index contributed by atoms with van der Waals surface area (Å²) in [5.74, 6) is 1.96. The molecule has 0 heterocycles. The monoisotopic (exact) mass is 307 g/mol. The zero-order valence-corrected chi connectivity index (χ0v) is 14.4. The molecule has 0 aliphatic heterocycles. The number of rotatable bonds is 9. The molecule has 0 aliphatic carbocycles. The average Bonchev–Trinajstić information content (AvgIpc) is 2.45. The number of aliphatic hydroxyl groups is 1. The van der Waals surface area contributed by atoms with Crippen LogP contribution in [0.25, 0.3) is 0 Å². The van der Waals surface area contributed by atoms with Crippen LogP contribution in [0, 0.1) is 5.92 Å². The molecule has 0 aliphatic rings. The first-order chi connectivity index (χ1) is 10.3. The number of hydrogen-bond acceptors (Lipinski definition) is 4. The van der Waals surface area contributed by atoms with E-state index in [1.54, 1.807) is 27.2 Å². The Hall–Kier alpha value is -1.52. The molecule has 1 aromatic rings. The van der Waals surface area contributed by atoms with Gasteiger partial charge in [0.05, 0.1) is 19.8 Å². The van der Waals surface area contributed by atoms with Crippen LogP contribution in [0.2, 0.25) is 0 Å². The second-order valence-electron chi connectivity index (χ2n) is 6.31. The number of nitrogens with zero attached hydrogens (tertiary/aromatic N) is 1. The van der Waals surface area contributed by atoms with Crippen LogP contribution in [0.1, 0.15) is 26.3 Å². The molecule has 124 valence electrons. The van der Waals surface area contributed by atoms with Gasteiger partial charge in [-0.1, -0.05) is 26.0 Å². The van der Waals surface area contributed by atoms with Crippen molar-refractivity contribution in [2.75, 3.05) is 27.3 Å². The summed E-state index contributed by atoms with van der Waals surface area (Å²) in [5, 5.41) is 10.3. The number of hydrogen-bond donors (Lipinski definition) is 1. The fourth-order valence-electron chi connectivity index (χ4n) is 2.46. The molecule has 0 aromatic heterocycles. The van der Waals surface area contributed by atoms with E-state index in [0.717, 1.165) is 30.2 Å². The van der Waals surface area contributed by atoms with Gasteiger partial charge in [-0.3, -0.25) is 4.90 Å². The Bertz CT molecular complexity index is 483. The maximum absolute atomic E-state index is 10.3. The Labute approximate surface area is 134 Å². The van der Waals surface area contributed by atoms with E-state index < -0.39 is 5.60 Å². The van der Waals surface area contributed by atoms with E-state index in [4.69, 9.17) is 9.47 Å². The summed E-state index contributed by atoms with van der Waals surface area (Å²) in [5.41, 5.74) is 0.226. The number of ether oxygens (including phenoxy) is 2. The van der Waals surface area contributed by atoms with E-state index in [9.17, 15) is 5.11 Å². The maximum Gasteiger partial charge on any atom is 0.161 e. The molecule has 1 N–H and O–H groups in total. The van der Waals surface area contributed by atoms with Crippen LogP contribution < -0.4 is 9.47 Å². The summed E-state index contributed by atoms with van der Waals surface area (Å²) in [7, 11) is 3.26. The quantitative estimate of drug-likeness (QED) is 0.712. The zero-order chi connectivity index (χ0) is 16.8. The highest BCUT2D eigenvalue weighted by Crippen LogP contribution is 2.28. The first-order valence-electron chi connectivity index (χ1n) is 7.60. The summed E-state index contributed by atoms with van der Waals surface area (Å²) >= 11 is 0. The molecule has 0 fully saturated rings. The first-order valence-corrected chi connectivity index (χ1v) is 7.60. The van der Waals surface area contributed by atoms with Crippen molar-refractivity contribution in [1.82, 2.24) is 4.90 Å². The minimum absolute atomic E-state index is 0.515. The highest BCUT2D eigenvalue weighted by atomic mass is 16.5. The van der Waals surface area contributed by atoms with E-state index in [0.29, 0.717) is 12.5 Å². The molecule has 22 heavy (non-hydrogen) atoms. The van der Waals surface area contributed by atoms with Crippen LogP contribution in [0.4, 0.5) is 0 Å². The van der Waals surface area contributed by atoms with Crippen LogP contribution >= 0.6 is 0 Å². The number of methoxy groups -OCH3 is 2. The van der Waals surface area contributed by atoms with Gasteiger partial charge in [-0.15, -0.1) is 6.58 Å². The molecule has 1 rings (SSSR count). The van der Waals surface area contributed by atoms with Gasteiger partial charge in [0.2, 0.25) is 0 Å². The van der Waals surface area contributed by atoms with Crippen molar-refractivity contribution in [3.05, 3.63) is 36.4 Å². The molecular weight excluding hydrogens is 278 g/mol. The van der Waals surface area contributed by atoms with Crippen LogP contribution in [-0.4, -0.2) is 42.9 Å². The molecule has 0 unspecified atom stereocenters. The normalized spacial score (nSPS) is 14.0. The Balaban J connectivity index is 2.91. The van der Waals surface area contributed by atoms with Crippen molar-refractivity contribution < 1.29 is 14.6 Å². The van der Waals surface area contributed by atoms with Crippen molar-refractivity contribution in [3.63, 3.8) is 0 Å². The molecule has 0 saturated carbocycles. The van der Waals surface area contributed by atoms with Crippen molar-refractivity contribution in [2.45, 2.75) is 32.9 Å². The molecule has 0 bridgehead atoms. The largest absolute Gasteiger partial charge is 0.493 e. The van der Waals surface area contributed by atoms with Gasteiger partial charge >= 0.3 is 0 Å². The second-order valence-corrected chi connectivity index (χ2v) is 6.31. The maximum atomic E-state index is 10.3. The lowest BCUT2D eigenvalue weighted by Crippen LogP contribution is -2.40. The van der Waals surface area contributed by atoms with E-state index in [-0.39, 0.29) is 0 Å². The van der Waals surface area contributed by atoms with Gasteiger partial charge in [0, 0.05) is 19.6 Å². The van der Waals surface area contributed by atoms with Crippen LogP contribution in [0.15, 0.2) is 30.9 Å². The lowest BCUT2D eigenvalue weighted by Gasteiger charge is -2.31. The second kappa shape index (κ2) is 8.20. The standard InChI is InChI=1S/C18H29NO3/c1-7-18(4,20)13-19(11-14(2)3)12-15-8-9-16(21-5)17(10-15)22-6/h7-10,14,20H,1,11-13H2,2-6H3/t18-/m1/s1. The Kier molecular flexibility index (Phi) is 6.91. The average molecular weight is 307 g/mol. The highest BCUT2D eigenvalue weighted by molar-refractivity contribution is 5.42. The molecule has 0 saturated heterocycles. The van der Waals surface area contributed by atoms with Gasteiger partial charge in [-0.05, 0) is 30.5 Å². The SMILES string of the molecule is C=C[C@@](C)(O)CN(Cc1ccc(OC)c(OC)c1)CC(C)C. The van der Waals surface area contributed by atoms with Gasteiger partial charge < -0.3 is 14.6 Å². The molecular formula is C18H29NO3. The van der Waals surface area contributed by atoms with Gasteiger partial charge in [0.1, 0.15) is 0 Å². The van der Waals surface area contributed by atoms with Gasteiger partial charge in [0.15, 0.2) is 11.5 Å². The summed E-state index contributed by atoms with van der Waals surface area (Å²) in [6.07, 6.45) is 1.59. The molecule has 0 amide bonds. The fraction of sp³-hybridized carbons (Fsp3) is 0.556. The summed E-state index contributed by atoms with van der Waals surface area (Å²) < 4.78 is 10.6. The van der Waals surface area contributed by atoms with Crippen molar-refractivity contribution >= 4 is 0 Å². The van der Waals surface area contributed by atoms with E-state index >= 15 is 0 Å². The smallest absolute Gasteiger partial charge is 0.161 e. The van der Waals surface area contributed by atoms with Gasteiger partial charge in [0.25, 0.3) is 0 Å². The van der Waals surface area contributed by atoms with Crippen LogP contribution in [0.5, 0.6) is 11.5 Å². The van der Waals surface area contributed by atoms with Crippen LogP contribution in [-0.2, 0) is 6.54 Å². The van der Waals surface area contributed by atoms with Crippen molar-refractivity contribution in [1.29, 1.82) is 0 Å². The Morgan fingerprint density at radius 2 is 1.91 bits per heavy atom. The summed E-state index contributed by atoms with van der Waals surface area (Å²) in [6.45, 7) is 12.0. The zero-order valence-electron chi connectivity index (χ0n) is 14.4. The predicted octanol–water partition coefficient (Wildman–Crippen LogP) is 3.10. The lowest BCUT2D eigenvalue weighted by molar-refractivity contribution is 0.0541. The minimum Gasteiger partial charge on any atom is -0.493 e. The molecule has 4 nitrogen and oxygen atoms in total. The number of benzene rings is 1. The van der Waals surface area contributed by atoms with Gasteiger partial charge in [-0.2, -0.15) is 0 Å². The van der Waals surface area contributed by atoms with E-state index in [2.05, 4.69) is 25.3 Å². The third-order valence-corrected chi connectivity index (χ3v) is 3.46. The highest BCUT2D eigenvalue weighted by Gasteiger charge is 2.21. The third-order valence-electron chi connectivity index (χ3n) is 3.46. The van der Waals surface area contributed by atoms with E-state index in [1.807, 2.05) is 18.2 Å². The third kappa shape index (κ3) is 5.70. The van der Waals surface area contributed by atoms with Gasteiger partial charge in [-0.25, -0.2) is 0 Å². The topological polar surface area (TPSA) is 41.9 Å². The van der Waals surface area contributed by atoms with Crippen LogP contribution in [0.3, 0.4) is 0 Å². The van der Waals surface area contributed by atoms with Crippen molar-refractivity contribution in [2.24, 2.45) is 5.92 Å². The fourth-order valence-corrected chi connectivity index (χ4v) is 2.46. The molecule has 0 spiro atoms. The minimum atomic E-state index is -0.897. The summed E-state index contributed by atoms with van der Waals surface area (Å²) in [6, 6.07) is 5.92. The first kappa shape index (κ1) is 18.5. The molecule has 0 radical (unpaired) electrons. The molecule has 4 heteroatoms. The Morgan fingerprint density at radius 1 is 1.27 bits per heavy atom. The predicted molar refractivity (Wildman–Crippen MR) is 90.5 cm³/mol. The molecule has 1 atom stereocenters. The Morgan fingerprint density at radius 3 is 2.41 bits per heavy atom. The lowest BCUT2D eigenvalue weighted by atomic mass is 10.0. The van der Waals surface area contributed by atoms with Crippen molar-refractivity contribution in [3.8, 4) is 11.5 Å². The summed E-state index contributed by atoms with van der Waals surface area (Å²) in [4.78, 5) is 2.23. The molecule has 1 aromatic carbocycles. The van der Waals surface area contributed by atoms with E-state index in [1.165, 1.54) is 0 Å².